The average Bonchev–Trinajstić information content (AvgIpc) is 2.67. The van der Waals surface area contributed by atoms with Gasteiger partial charge in [-0.15, -0.1) is 0 Å². The number of rotatable bonds is 7. The van der Waals surface area contributed by atoms with Gasteiger partial charge in [0.15, 0.2) is 11.6 Å². The Kier molecular flexibility index (Phi) is 5.71. The zero-order chi connectivity index (χ0) is 19.2. The van der Waals surface area contributed by atoms with E-state index in [1.54, 1.807) is 6.07 Å². The molecule has 0 saturated heterocycles. The third kappa shape index (κ3) is 4.44. The number of benzene rings is 2. The molecule has 1 heterocycles. The van der Waals surface area contributed by atoms with E-state index in [0.717, 1.165) is 23.7 Å². The number of amides is 1. The standard InChI is InChI=1S/C20H24N6O/c1-13(2)10-11-22-18-17(21)19(24-12-23-18)25-26-20(27)16-9-5-7-14-6-3-4-8-15(14)16/h3-9,12-13H,10-11,21H2,1-2H3,(H,26,27)(H2,22,23,24,25). The van der Waals surface area contributed by atoms with Crippen molar-refractivity contribution in [3.05, 3.63) is 54.4 Å². The first-order valence-electron chi connectivity index (χ1n) is 8.94. The molecule has 0 aliphatic carbocycles. The van der Waals surface area contributed by atoms with Gasteiger partial charge < -0.3 is 11.1 Å². The van der Waals surface area contributed by atoms with E-state index in [-0.39, 0.29) is 5.91 Å². The number of hydrogen-bond donors (Lipinski definition) is 4. The van der Waals surface area contributed by atoms with Crippen molar-refractivity contribution in [1.82, 2.24) is 15.4 Å². The summed E-state index contributed by atoms with van der Waals surface area (Å²) in [5, 5.41) is 5.08. The molecule has 0 aliphatic rings. The van der Waals surface area contributed by atoms with E-state index in [1.807, 2.05) is 36.4 Å². The van der Waals surface area contributed by atoms with Crippen molar-refractivity contribution in [1.29, 1.82) is 0 Å². The van der Waals surface area contributed by atoms with Crippen molar-refractivity contribution in [3.8, 4) is 0 Å². The zero-order valence-electron chi connectivity index (χ0n) is 15.5. The molecule has 1 amide bonds. The van der Waals surface area contributed by atoms with Crippen molar-refractivity contribution in [2.75, 3.05) is 23.0 Å². The molecule has 1 aromatic heterocycles. The van der Waals surface area contributed by atoms with Crippen LogP contribution < -0.4 is 21.9 Å². The maximum absolute atomic E-state index is 12.6. The molecule has 0 spiro atoms. The fourth-order valence-electron chi connectivity index (χ4n) is 2.72. The molecule has 0 bridgehead atoms. The normalized spacial score (nSPS) is 10.8. The summed E-state index contributed by atoms with van der Waals surface area (Å²) >= 11 is 0. The number of carbonyl (C=O) groups excluding carboxylic acids is 1. The fourth-order valence-corrected chi connectivity index (χ4v) is 2.72. The summed E-state index contributed by atoms with van der Waals surface area (Å²) in [6.07, 6.45) is 2.41. The number of nitrogens with zero attached hydrogens (tertiary/aromatic N) is 2. The van der Waals surface area contributed by atoms with Crippen LogP contribution in [-0.4, -0.2) is 22.4 Å². The van der Waals surface area contributed by atoms with Gasteiger partial charge in [0, 0.05) is 12.1 Å². The van der Waals surface area contributed by atoms with Crippen molar-refractivity contribution >= 4 is 34.0 Å². The Morgan fingerprint density at radius 1 is 1.07 bits per heavy atom. The van der Waals surface area contributed by atoms with Crippen LogP contribution >= 0.6 is 0 Å². The lowest BCUT2D eigenvalue weighted by molar-refractivity contribution is 0.0964. The lowest BCUT2D eigenvalue weighted by Crippen LogP contribution is -2.30. The minimum atomic E-state index is -0.265. The summed E-state index contributed by atoms with van der Waals surface area (Å²) in [6, 6.07) is 13.3. The van der Waals surface area contributed by atoms with E-state index < -0.39 is 0 Å². The average molecular weight is 364 g/mol. The van der Waals surface area contributed by atoms with Crippen LogP contribution in [0.15, 0.2) is 48.8 Å². The Balaban J connectivity index is 1.70. The van der Waals surface area contributed by atoms with Crippen molar-refractivity contribution < 1.29 is 4.79 Å². The van der Waals surface area contributed by atoms with E-state index in [9.17, 15) is 4.79 Å². The molecule has 3 rings (SSSR count). The zero-order valence-corrected chi connectivity index (χ0v) is 15.5. The van der Waals surface area contributed by atoms with Gasteiger partial charge in [0.1, 0.15) is 12.0 Å². The van der Waals surface area contributed by atoms with Crippen LogP contribution in [0.25, 0.3) is 10.8 Å². The quantitative estimate of drug-likeness (QED) is 0.479. The molecule has 0 saturated carbocycles. The number of hydrogen-bond acceptors (Lipinski definition) is 6. The Morgan fingerprint density at radius 2 is 1.81 bits per heavy atom. The maximum atomic E-state index is 12.6. The molecule has 0 atom stereocenters. The van der Waals surface area contributed by atoms with E-state index in [1.165, 1.54) is 6.33 Å². The number of nitrogens with one attached hydrogen (secondary N) is 3. The Labute approximate surface area is 158 Å². The van der Waals surface area contributed by atoms with E-state index in [2.05, 4.69) is 40.0 Å². The lowest BCUT2D eigenvalue weighted by atomic mass is 10.0. The summed E-state index contributed by atoms with van der Waals surface area (Å²) in [5.41, 5.74) is 12.5. The third-order valence-electron chi connectivity index (χ3n) is 4.23. The maximum Gasteiger partial charge on any atom is 0.270 e. The second-order valence-corrected chi connectivity index (χ2v) is 6.70. The van der Waals surface area contributed by atoms with Gasteiger partial charge in [0.2, 0.25) is 0 Å². The van der Waals surface area contributed by atoms with Gasteiger partial charge in [-0.05, 0) is 29.2 Å². The van der Waals surface area contributed by atoms with E-state index in [4.69, 9.17) is 5.73 Å². The van der Waals surface area contributed by atoms with Crippen LogP contribution in [0.1, 0.15) is 30.6 Å². The molecular formula is C20H24N6O. The second kappa shape index (κ2) is 8.35. The molecular weight excluding hydrogens is 340 g/mol. The highest BCUT2D eigenvalue weighted by atomic mass is 16.2. The van der Waals surface area contributed by atoms with Crippen molar-refractivity contribution in [3.63, 3.8) is 0 Å². The SMILES string of the molecule is CC(C)CCNc1ncnc(NNC(=O)c2cccc3ccccc23)c1N. The lowest BCUT2D eigenvalue weighted by Gasteiger charge is -2.14. The highest BCUT2D eigenvalue weighted by Crippen LogP contribution is 2.22. The molecule has 7 nitrogen and oxygen atoms in total. The molecule has 140 valence electrons. The van der Waals surface area contributed by atoms with Gasteiger partial charge in [-0.2, -0.15) is 0 Å². The number of anilines is 3. The van der Waals surface area contributed by atoms with E-state index >= 15 is 0 Å². The van der Waals surface area contributed by atoms with Gasteiger partial charge in [0.05, 0.1) is 0 Å². The van der Waals surface area contributed by atoms with Gasteiger partial charge in [-0.1, -0.05) is 50.2 Å². The van der Waals surface area contributed by atoms with Crippen LogP contribution in [0.2, 0.25) is 0 Å². The summed E-state index contributed by atoms with van der Waals surface area (Å²) in [6.45, 7) is 5.07. The Hall–Kier alpha value is -3.35. The van der Waals surface area contributed by atoms with Crippen molar-refractivity contribution in [2.45, 2.75) is 20.3 Å². The number of fused-ring (bicyclic) bond motifs is 1. The van der Waals surface area contributed by atoms with Gasteiger partial charge in [0.25, 0.3) is 5.91 Å². The Bertz CT molecular complexity index is 935. The predicted molar refractivity (Wildman–Crippen MR) is 109 cm³/mol. The van der Waals surface area contributed by atoms with E-state index in [0.29, 0.717) is 28.8 Å². The smallest absolute Gasteiger partial charge is 0.270 e. The van der Waals surface area contributed by atoms with Gasteiger partial charge in [-0.25, -0.2) is 9.97 Å². The monoisotopic (exact) mass is 364 g/mol. The summed E-state index contributed by atoms with van der Waals surface area (Å²) < 4.78 is 0. The molecule has 0 unspecified atom stereocenters. The highest BCUT2D eigenvalue weighted by molar-refractivity contribution is 6.07. The number of carbonyl (C=O) groups is 1. The van der Waals surface area contributed by atoms with Gasteiger partial charge in [-0.3, -0.25) is 15.6 Å². The van der Waals surface area contributed by atoms with Crippen molar-refractivity contribution in [2.24, 2.45) is 5.92 Å². The van der Waals surface area contributed by atoms with Crippen LogP contribution in [0.3, 0.4) is 0 Å². The van der Waals surface area contributed by atoms with Crippen LogP contribution in [-0.2, 0) is 0 Å². The molecule has 5 N–H and O–H groups in total. The number of aromatic nitrogens is 2. The first-order chi connectivity index (χ1) is 13.1. The van der Waals surface area contributed by atoms with Crippen LogP contribution in [0.4, 0.5) is 17.3 Å². The topological polar surface area (TPSA) is 105 Å². The second-order valence-electron chi connectivity index (χ2n) is 6.70. The molecule has 27 heavy (non-hydrogen) atoms. The first kappa shape index (κ1) is 18.4. The summed E-state index contributed by atoms with van der Waals surface area (Å²) in [5.74, 6) is 1.22. The van der Waals surface area contributed by atoms with Crippen LogP contribution in [0.5, 0.6) is 0 Å². The molecule has 7 heteroatoms. The summed E-state index contributed by atoms with van der Waals surface area (Å²) in [7, 11) is 0. The van der Waals surface area contributed by atoms with Crippen LogP contribution in [0, 0.1) is 5.92 Å². The Morgan fingerprint density at radius 3 is 2.63 bits per heavy atom. The minimum Gasteiger partial charge on any atom is -0.393 e. The predicted octanol–water partition coefficient (Wildman–Crippen LogP) is 3.43. The molecule has 0 radical (unpaired) electrons. The molecule has 2 aromatic carbocycles. The number of nitrogen functional groups attached to an aromatic ring is 1. The first-order valence-corrected chi connectivity index (χ1v) is 8.94. The summed E-state index contributed by atoms with van der Waals surface area (Å²) in [4.78, 5) is 20.9. The molecule has 0 fully saturated rings. The highest BCUT2D eigenvalue weighted by Gasteiger charge is 2.12. The largest absolute Gasteiger partial charge is 0.393 e. The fraction of sp³-hybridized carbons (Fsp3) is 0.250. The van der Waals surface area contributed by atoms with Gasteiger partial charge >= 0.3 is 0 Å². The number of nitrogens with two attached hydrogens (primary N) is 1. The molecule has 0 aliphatic heterocycles. The third-order valence-corrected chi connectivity index (χ3v) is 4.23. The molecule has 3 aromatic rings. The minimum absolute atomic E-state index is 0.265. The number of hydrazine groups is 1.